The molecule has 3 nitrogen and oxygen atoms in total. The molecular weight excluding hydrogens is 265 g/mol. The Morgan fingerprint density at radius 1 is 1.53 bits per heavy atom. The Morgan fingerprint density at radius 3 is 3.07 bits per heavy atom. The lowest BCUT2D eigenvalue weighted by Gasteiger charge is -2.03. The first-order valence-corrected chi connectivity index (χ1v) is 5.01. The largest absolute Gasteiger partial charge is 0.484 e. The van der Waals surface area contributed by atoms with Crippen molar-refractivity contribution in [3.05, 3.63) is 46.8 Å². The number of hydrogen-bond acceptors (Lipinski definition) is 3. The summed E-state index contributed by atoms with van der Waals surface area (Å²) in [6.07, 6.45) is 2.91. The minimum absolute atomic E-state index is 0.134. The van der Waals surface area contributed by atoms with Crippen LogP contribution in [0.25, 0.3) is 0 Å². The second-order valence-corrected chi connectivity index (χ2v) is 3.62. The molecule has 0 aromatic carbocycles. The van der Waals surface area contributed by atoms with E-state index in [0.29, 0.717) is 4.67 Å². The average molecular weight is 272 g/mol. The molecule has 0 radical (unpaired) electrons. The van der Waals surface area contributed by atoms with E-state index < -0.39 is 5.95 Å². The van der Waals surface area contributed by atoms with Crippen molar-refractivity contribution in [3.63, 3.8) is 0 Å². The van der Waals surface area contributed by atoms with Gasteiger partial charge in [-0.2, -0.15) is 4.39 Å². The van der Waals surface area contributed by atoms with Gasteiger partial charge in [-0.25, -0.2) is 4.98 Å². The quantitative estimate of drug-likeness (QED) is 0.805. The summed E-state index contributed by atoms with van der Waals surface area (Å²) in [5.74, 6) is -0.477. The first-order chi connectivity index (χ1) is 7.25. The minimum Gasteiger partial charge on any atom is -0.484 e. The number of nitrogens with zero attached hydrogens (tertiary/aromatic N) is 1. The zero-order valence-electron chi connectivity index (χ0n) is 7.61. The van der Waals surface area contributed by atoms with Crippen LogP contribution < -0.4 is 4.74 Å². The molecule has 0 saturated carbocycles. The van der Waals surface area contributed by atoms with Crippen LogP contribution in [0.4, 0.5) is 4.39 Å². The summed E-state index contributed by atoms with van der Waals surface area (Å²) >= 11 is 3.16. The van der Waals surface area contributed by atoms with Gasteiger partial charge in [0.15, 0.2) is 10.4 Å². The molecular formula is C10H7BrFNO2. The van der Waals surface area contributed by atoms with Crippen LogP contribution in [0.2, 0.25) is 0 Å². The third-order valence-corrected chi connectivity index (χ3v) is 2.16. The summed E-state index contributed by atoms with van der Waals surface area (Å²) in [6.45, 7) is 0.248. The summed E-state index contributed by atoms with van der Waals surface area (Å²) in [5, 5.41) is 0. The molecule has 0 unspecified atom stereocenters. The summed E-state index contributed by atoms with van der Waals surface area (Å²) in [4.78, 5) is 3.47. The van der Waals surface area contributed by atoms with Crippen LogP contribution in [0.3, 0.4) is 0 Å². The number of pyridine rings is 1. The van der Waals surface area contributed by atoms with Gasteiger partial charge in [0.25, 0.3) is 5.95 Å². The van der Waals surface area contributed by atoms with E-state index in [1.807, 2.05) is 0 Å². The van der Waals surface area contributed by atoms with Gasteiger partial charge in [0.1, 0.15) is 6.61 Å². The van der Waals surface area contributed by atoms with Crippen LogP contribution in [0.1, 0.15) is 5.56 Å². The van der Waals surface area contributed by atoms with Gasteiger partial charge in [-0.05, 0) is 34.1 Å². The van der Waals surface area contributed by atoms with Gasteiger partial charge in [0.05, 0.1) is 6.26 Å². The number of aromatic nitrogens is 1. The van der Waals surface area contributed by atoms with Crippen LogP contribution in [0, 0.1) is 5.95 Å². The normalized spacial score (nSPS) is 10.3. The molecule has 2 aromatic heterocycles. The van der Waals surface area contributed by atoms with E-state index in [9.17, 15) is 4.39 Å². The topological polar surface area (TPSA) is 35.3 Å². The highest BCUT2D eigenvalue weighted by molar-refractivity contribution is 9.10. The van der Waals surface area contributed by atoms with E-state index in [1.165, 1.54) is 12.3 Å². The number of rotatable bonds is 3. The fourth-order valence-corrected chi connectivity index (χ4v) is 1.45. The van der Waals surface area contributed by atoms with Crippen molar-refractivity contribution in [1.29, 1.82) is 0 Å². The fraction of sp³-hybridized carbons (Fsp3) is 0.100. The van der Waals surface area contributed by atoms with Crippen molar-refractivity contribution in [2.24, 2.45) is 0 Å². The van der Waals surface area contributed by atoms with Gasteiger partial charge in [-0.3, -0.25) is 0 Å². The van der Waals surface area contributed by atoms with Gasteiger partial charge in [-0.1, -0.05) is 0 Å². The number of furan rings is 1. The molecule has 0 bridgehead atoms. The molecule has 0 atom stereocenters. The molecule has 0 aliphatic heterocycles. The predicted molar refractivity (Wildman–Crippen MR) is 54.9 cm³/mol. The van der Waals surface area contributed by atoms with Gasteiger partial charge >= 0.3 is 0 Å². The molecule has 15 heavy (non-hydrogen) atoms. The lowest BCUT2D eigenvalue weighted by Crippen LogP contribution is -1.97. The van der Waals surface area contributed by atoms with Crippen molar-refractivity contribution < 1.29 is 13.5 Å². The Bertz CT molecular complexity index is 458. The number of hydrogen-bond donors (Lipinski definition) is 0. The zero-order chi connectivity index (χ0) is 10.7. The number of ether oxygens (including phenoxy) is 1. The summed E-state index contributed by atoms with van der Waals surface area (Å²) in [5.41, 5.74) is 0.824. The van der Waals surface area contributed by atoms with Crippen LogP contribution in [-0.2, 0) is 6.61 Å². The van der Waals surface area contributed by atoms with Gasteiger partial charge < -0.3 is 9.15 Å². The van der Waals surface area contributed by atoms with Crippen molar-refractivity contribution >= 4 is 15.9 Å². The van der Waals surface area contributed by atoms with Crippen LogP contribution in [0.5, 0.6) is 5.75 Å². The summed E-state index contributed by atoms with van der Waals surface area (Å²) < 4.78 is 23.9. The van der Waals surface area contributed by atoms with Crippen molar-refractivity contribution in [2.75, 3.05) is 0 Å². The Kier molecular flexibility index (Phi) is 3.01. The van der Waals surface area contributed by atoms with Crippen LogP contribution in [-0.4, -0.2) is 4.98 Å². The Hall–Kier alpha value is -1.36. The van der Waals surface area contributed by atoms with Crippen molar-refractivity contribution in [2.45, 2.75) is 6.61 Å². The second kappa shape index (κ2) is 4.44. The Labute approximate surface area is 94.0 Å². The molecule has 0 spiro atoms. The van der Waals surface area contributed by atoms with E-state index in [-0.39, 0.29) is 12.4 Å². The third kappa shape index (κ3) is 2.56. The molecule has 0 aliphatic carbocycles. The van der Waals surface area contributed by atoms with E-state index in [1.54, 1.807) is 18.4 Å². The highest BCUT2D eigenvalue weighted by atomic mass is 79.9. The smallest absolute Gasteiger partial charge is 0.255 e. The van der Waals surface area contributed by atoms with Gasteiger partial charge in [0.2, 0.25) is 0 Å². The van der Waals surface area contributed by atoms with E-state index in [4.69, 9.17) is 9.15 Å². The van der Waals surface area contributed by atoms with Gasteiger partial charge in [-0.15, -0.1) is 0 Å². The minimum atomic E-state index is -0.611. The monoisotopic (exact) mass is 271 g/mol. The van der Waals surface area contributed by atoms with Crippen molar-refractivity contribution in [3.8, 4) is 5.75 Å². The fourth-order valence-electron chi connectivity index (χ4n) is 1.06. The van der Waals surface area contributed by atoms with Gasteiger partial charge in [0, 0.05) is 11.8 Å². The van der Waals surface area contributed by atoms with E-state index >= 15 is 0 Å². The molecule has 0 fully saturated rings. The zero-order valence-corrected chi connectivity index (χ0v) is 9.20. The molecule has 2 heterocycles. The second-order valence-electron chi connectivity index (χ2n) is 2.84. The summed E-state index contributed by atoms with van der Waals surface area (Å²) in [7, 11) is 0. The molecule has 2 aromatic rings. The average Bonchev–Trinajstić information content (AvgIpc) is 2.63. The highest BCUT2D eigenvalue weighted by Crippen LogP contribution is 2.18. The lowest BCUT2D eigenvalue weighted by molar-refractivity contribution is 0.284. The molecule has 0 N–H and O–H groups in total. The van der Waals surface area contributed by atoms with Crippen molar-refractivity contribution in [1.82, 2.24) is 4.98 Å². The first kappa shape index (κ1) is 10.2. The maximum absolute atomic E-state index is 13.0. The molecule has 0 aliphatic rings. The standard InChI is InChI=1S/C10H7BrFNO2/c11-9-4-7(6-15-9)5-14-8-2-1-3-13-10(8)12/h1-4,6H,5H2. The Balaban J connectivity index is 2.02. The molecule has 0 saturated heterocycles. The maximum Gasteiger partial charge on any atom is 0.255 e. The molecule has 78 valence electrons. The van der Waals surface area contributed by atoms with Crippen LogP contribution >= 0.6 is 15.9 Å². The van der Waals surface area contributed by atoms with Crippen LogP contribution in [0.15, 0.2) is 39.7 Å². The summed E-state index contributed by atoms with van der Waals surface area (Å²) in [6, 6.07) is 4.90. The maximum atomic E-state index is 13.0. The van der Waals surface area contributed by atoms with E-state index in [2.05, 4.69) is 20.9 Å². The molecule has 2 rings (SSSR count). The highest BCUT2D eigenvalue weighted by Gasteiger charge is 2.04. The Morgan fingerprint density at radius 2 is 2.40 bits per heavy atom. The molecule has 0 amide bonds. The lowest BCUT2D eigenvalue weighted by atomic mass is 10.4. The predicted octanol–water partition coefficient (Wildman–Crippen LogP) is 3.16. The van der Waals surface area contributed by atoms with E-state index in [0.717, 1.165) is 5.56 Å². The third-order valence-electron chi connectivity index (χ3n) is 1.74. The first-order valence-electron chi connectivity index (χ1n) is 4.22. The SMILES string of the molecule is Fc1ncccc1OCc1coc(Br)c1. The number of halogens is 2. The molecule has 5 heteroatoms.